The molecule has 3 aromatic rings. The zero-order valence-corrected chi connectivity index (χ0v) is 23.3. The summed E-state index contributed by atoms with van der Waals surface area (Å²) >= 11 is 13.9. The summed E-state index contributed by atoms with van der Waals surface area (Å²) in [5.41, 5.74) is 2.82. The van der Waals surface area contributed by atoms with E-state index < -0.39 is 0 Å². The highest BCUT2D eigenvalue weighted by Gasteiger charge is 2.34. The van der Waals surface area contributed by atoms with Crippen LogP contribution in [0.3, 0.4) is 0 Å². The maximum absolute atomic E-state index is 12.8. The molecule has 2 amide bonds. The molecule has 0 radical (unpaired) electrons. The standard InChI is InChI=1S/C26H20Br2ClNO4S/c1-16-3-2-4-20(11-16)33-10-9-30-25(31)23(35-26(30)32)14-18-12-21(27)24(22(28)13-18)34-15-17-5-7-19(29)8-6-17/h2-8,11-14H,9-10,15H2,1H3/b23-14-. The van der Waals surface area contributed by atoms with Gasteiger partial charge in [0.25, 0.3) is 11.1 Å². The largest absolute Gasteiger partial charge is 0.492 e. The first-order valence-electron chi connectivity index (χ1n) is 10.6. The average Bonchev–Trinajstić information content (AvgIpc) is 3.07. The van der Waals surface area contributed by atoms with E-state index in [-0.39, 0.29) is 24.3 Å². The van der Waals surface area contributed by atoms with Gasteiger partial charge in [0.15, 0.2) is 0 Å². The molecule has 0 atom stereocenters. The third-order valence-corrected chi connectivity index (χ3v) is 7.40. The minimum Gasteiger partial charge on any atom is -0.492 e. The Kier molecular flexibility index (Phi) is 8.59. The van der Waals surface area contributed by atoms with Gasteiger partial charge in [-0.05, 0) is 110 Å². The van der Waals surface area contributed by atoms with E-state index >= 15 is 0 Å². The van der Waals surface area contributed by atoms with Gasteiger partial charge in [-0.3, -0.25) is 14.5 Å². The molecule has 0 aliphatic carbocycles. The van der Waals surface area contributed by atoms with Crippen LogP contribution in [0.4, 0.5) is 4.79 Å². The number of ether oxygens (including phenoxy) is 2. The van der Waals surface area contributed by atoms with Crippen molar-refractivity contribution in [2.45, 2.75) is 13.5 Å². The van der Waals surface area contributed by atoms with Gasteiger partial charge in [0, 0.05) is 5.02 Å². The van der Waals surface area contributed by atoms with E-state index in [0.29, 0.717) is 28.0 Å². The van der Waals surface area contributed by atoms with Crippen LogP contribution in [0.15, 0.2) is 74.5 Å². The molecule has 1 saturated heterocycles. The summed E-state index contributed by atoms with van der Waals surface area (Å²) in [4.78, 5) is 26.8. The van der Waals surface area contributed by atoms with Gasteiger partial charge in [0.2, 0.25) is 0 Å². The first-order valence-corrected chi connectivity index (χ1v) is 13.4. The topological polar surface area (TPSA) is 55.8 Å². The van der Waals surface area contributed by atoms with Crippen molar-refractivity contribution >= 4 is 72.4 Å². The molecular weight excluding hydrogens is 618 g/mol. The van der Waals surface area contributed by atoms with Gasteiger partial charge in [-0.25, -0.2) is 0 Å². The highest BCUT2D eigenvalue weighted by molar-refractivity contribution is 9.11. The molecule has 1 aliphatic rings. The molecule has 9 heteroatoms. The lowest BCUT2D eigenvalue weighted by Gasteiger charge is -2.13. The van der Waals surface area contributed by atoms with Crippen LogP contribution in [0.2, 0.25) is 5.02 Å². The highest BCUT2D eigenvalue weighted by Crippen LogP contribution is 2.38. The van der Waals surface area contributed by atoms with Gasteiger partial charge in [-0.15, -0.1) is 0 Å². The predicted molar refractivity (Wildman–Crippen MR) is 147 cm³/mol. The van der Waals surface area contributed by atoms with Crippen LogP contribution in [-0.4, -0.2) is 29.2 Å². The molecule has 180 valence electrons. The molecule has 0 unspecified atom stereocenters. The molecule has 0 aromatic heterocycles. The maximum Gasteiger partial charge on any atom is 0.293 e. The Morgan fingerprint density at radius 2 is 1.71 bits per heavy atom. The number of imide groups is 1. The summed E-state index contributed by atoms with van der Waals surface area (Å²) < 4.78 is 13.1. The van der Waals surface area contributed by atoms with Gasteiger partial charge < -0.3 is 9.47 Å². The van der Waals surface area contributed by atoms with Gasteiger partial charge in [-0.1, -0.05) is 35.9 Å². The molecule has 1 fully saturated rings. The molecule has 1 aliphatic heterocycles. The summed E-state index contributed by atoms with van der Waals surface area (Å²) in [5.74, 6) is 1.02. The fourth-order valence-corrected chi connectivity index (χ4v) is 5.78. The van der Waals surface area contributed by atoms with E-state index in [2.05, 4.69) is 31.9 Å². The summed E-state index contributed by atoms with van der Waals surface area (Å²) in [7, 11) is 0. The Morgan fingerprint density at radius 3 is 2.40 bits per heavy atom. The number of hydrogen-bond donors (Lipinski definition) is 0. The molecule has 35 heavy (non-hydrogen) atoms. The van der Waals surface area contributed by atoms with E-state index in [4.69, 9.17) is 21.1 Å². The average molecular weight is 638 g/mol. The fourth-order valence-electron chi connectivity index (χ4n) is 3.34. The number of aryl methyl sites for hydroxylation is 1. The second-order valence-electron chi connectivity index (χ2n) is 7.73. The Bertz CT molecular complexity index is 1270. The molecule has 0 saturated carbocycles. The smallest absolute Gasteiger partial charge is 0.293 e. The first kappa shape index (κ1) is 25.8. The number of rotatable bonds is 8. The Balaban J connectivity index is 1.40. The molecule has 5 nitrogen and oxygen atoms in total. The van der Waals surface area contributed by atoms with Crippen LogP contribution < -0.4 is 9.47 Å². The van der Waals surface area contributed by atoms with Gasteiger partial charge >= 0.3 is 0 Å². The minimum atomic E-state index is -0.330. The molecule has 3 aromatic carbocycles. The predicted octanol–water partition coefficient (Wildman–Crippen LogP) is 7.87. The van der Waals surface area contributed by atoms with Crippen molar-refractivity contribution in [1.82, 2.24) is 4.90 Å². The Hall–Kier alpha value is -2.26. The lowest BCUT2D eigenvalue weighted by molar-refractivity contribution is -0.123. The number of amides is 2. The van der Waals surface area contributed by atoms with Crippen molar-refractivity contribution in [1.29, 1.82) is 0 Å². The van der Waals surface area contributed by atoms with Crippen LogP contribution >= 0.6 is 55.2 Å². The van der Waals surface area contributed by atoms with Crippen LogP contribution in [0.5, 0.6) is 11.5 Å². The van der Waals surface area contributed by atoms with E-state index in [1.54, 1.807) is 6.08 Å². The van der Waals surface area contributed by atoms with Gasteiger partial charge in [0.05, 0.1) is 20.4 Å². The Morgan fingerprint density at radius 1 is 1.00 bits per heavy atom. The lowest BCUT2D eigenvalue weighted by atomic mass is 10.2. The zero-order valence-electron chi connectivity index (χ0n) is 18.6. The monoisotopic (exact) mass is 635 g/mol. The molecule has 0 N–H and O–H groups in total. The third kappa shape index (κ3) is 6.70. The number of thioether (sulfide) groups is 1. The molecule has 4 rings (SSSR count). The number of carbonyl (C=O) groups is 2. The SMILES string of the molecule is Cc1cccc(OCCN2C(=O)S/C(=C\c3cc(Br)c(OCc4ccc(Cl)cc4)c(Br)c3)C2=O)c1. The second-order valence-corrected chi connectivity index (χ2v) is 10.9. The van der Waals surface area contributed by atoms with Crippen LogP contribution in [-0.2, 0) is 11.4 Å². The highest BCUT2D eigenvalue weighted by atomic mass is 79.9. The lowest BCUT2D eigenvalue weighted by Crippen LogP contribution is -2.32. The van der Waals surface area contributed by atoms with Crippen molar-refractivity contribution in [2.24, 2.45) is 0 Å². The van der Waals surface area contributed by atoms with Crippen LogP contribution in [0.1, 0.15) is 16.7 Å². The maximum atomic E-state index is 12.8. The number of halogens is 3. The number of hydrogen-bond acceptors (Lipinski definition) is 5. The number of benzene rings is 3. The van der Waals surface area contributed by atoms with Crippen molar-refractivity contribution in [3.63, 3.8) is 0 Å². The summed E-state index contributed by atoms with van der Waals surface area (Å²) in [6, 6.07) is 18.8. The van der Waals surface area contributed by atoms with Crippen molar-refractivity contribution in [3.8, 4) is 11.5 Å². The quantitative estimate of drug-likeness (QED) is 0.236. The van der Waals surface area contributed by atoms with E-state index in [0.717, 1.165) is 37.4 Å². The fraction of sp³-hybridized carbons (Fsp3) is 0.154. The van der Waals surface area contributed by atoms with Crippen molar-refractivity contribution < 1.29 is 19.1 Å². The van der Waals surface area contributed by atoms with Crippen molar-refractivity contribution in [3.05, 3.63) is 96.2 Å². The first-order chi connectivity index (χ1) is 16.8. The van der Waals surface area contributed by atoms with Gasteiger partial charge in [-0.2, -0.15) is 0 Å². The van der Waals surface area contributed by atoms with Gasteiger partial charge in [0.1, 0.15) is 24.7 Å². The van der Waals surface area contributed by atoms with E-state index in [1.165, 1.54) is 4.90 Å². The number of carbonyl (C=O) groups excluding carboxylic acids is 2. The summed E-state index contributed by atoms with van der Waals surface area (Å²) in [6.45, 7) is 2.76. The Labute approximate surface area is 229 Å². The molecular formula is C26H20Br2ClNO4S. The van der Waals surface area contributed by atoms with Crippen LogP contribution in [0, 0.1) is 6.92 Å². The van der Waals surface area contributed by atoms with E-state index in [9.17, 15) is 9.59 Å². The summed E-state index contributed by atoms with van der Waals surface area (Å²) in [5, 5.41) is 0.360. The molecule has 0 bridgehead atoms. The zero-order chi connectivity index (χ0) is 24.9. The molecule has 1 heterocycles. The summed E-state index contributed by atoms with van der Waals surface area (Å²) in [6.07, 6.45) is 1.70. The van der Waals surface area contributed by atoms with E-state index in [1.807, 2.05) is 67.6 Å². The molecule has 0 spiro atoms. The third-order valence-electron chi connectivity index (χ3n) is 5.06. The van der Waals surface area contributed by atoms with Crippen LogP contribution in [0.25, 0.3) is 6.08 Å². The second kappa shape index (κ2) is 11.6. The normalized spacial score (nSPS) is 14.6. The number of nitrogens with zero attached hydrogens (tertiary/aromatic N) is 1. The minimum absolute atomic E-state index is 0.181. The van der Waals surface area contributed by atoms with Crippen molar-refractivity contribution in [2.75, 3.05) is 13.2 Å².